The van der Waals surface area contributed by atoms with Crippen molar-refractivity contribution in [2.24, 2.45) is 11.3 Å². The van der Waals surface area contributed by atoms with Crippen molar-refractivity contribution in [3.8, 4) is 0 Å². The minimum absolute atomic E-state index is 0.113. The lowest BCUT2D eigenvalue weighted by atomic mass is 9.60. The van der Waals surface area contributed by atoms with Crippen molar-refractivity contribution in [1.82, 2.24) is 0 Å². The quantitative estimate of drug-likeness (QED) is 0.629. The van der Waals surface area contributed by atoms with Crippen LogP contribution in [0.4, 0.5) is 0 Å². The first kappa shape index (κ1) is 15.4. The van der Waals surface area contributed by atoms with Gasteiger partial charge < -0.3 is 9.47 Å². The van der Waals surface area contributed by atoms with E-state index in [2.05, 4.69) is 6.58 Å². The fourth-order valence-corrected chi connectivity index (χ4v) is 5.04. The molecular formula is C20H22O4. The van der Waals surface area contributed by atoms with E-state index in [0.29, 0.717) is 25.7 Å². The lowest BCUT2D eigenvalue weighted by molar-refractivity contribution is -0.190. The molecule has 1 spiro atoms. The van der Waals surface area contributed by atoms with Crippen LogP contribution in [-0.4, -0.2) is 17.5 Å². The predicted octanol–water partition coefficient (Wildman–Crippen LogP) is 3.55. The Bertz CT molecular complexity index is 691. The Morgan fingerprint density at radius 3 is 2.88 bits per heavy atom. The van der Waals surface area contributed by atoms with Crippen molar-refractivity contribution < 1.29 is 19.1 Å². The summed E-state index contributed by atoms with van der Waals surface area (Å²) in [6.45, 7) is 4.36. The van der Waals surface area contributed by atoms with Crippen molar-refractivity contribution in [3.63, 3.8) is 0 Å². The molecule has 3 aliphatic rings. The highest BCUT2D eigenvalue weighted by Gasteiger charge is 2.70. The topological polar surface area (TPSA) is 52.6 Å². The van der Waals surface area contributed by atoms with Crippen LogP contribution in [0.15, 0.2) is 42.5 Å². The Labute approximate surface area is 141 Å². The third-order valence-corrected chi connectivity index (χ3v) is 6.00. The maximum Gasteiger partial charge on any atom is 0.316 e. The zero-order valence-electron chi connectivity index (χ0n) is 13.8. The Morgan fingerprint density at radius 2 is 2.08 bits per heavy atom. The van der Waals surface area contributed by atoms with Crippen molar-refractivity contribution in [2.75, 3.05) is 0 Å². The van der Waals surface area contributed by atoms with Crippen LogP contribution in [0.25, 0.3) is 0 Å². The molecule has 4 heteroatoms. The van der Waals surface area contributed by atoms with Gasteiger partial charge in [0.05, 0.1) is 6.42 Å². The van der Waals surface area contributed by atoms with Gasteiger partial charge >= 0.3 is 11.9 Å². The van der Waals surface area contributed by atoms with Crippen molar-refractivity contribution >= 4 is 11.9 Å². The molecule has 0 amide bonds. The molecule has 2 aliphatic carbocycles. The standard InChI is InChI=1S/C20H22O4/c1-14-11-19(18(22)23-13-15-6-3-2-4-7-15)9-5-8-16-10-17(21)24-20(16,19)12-14/h2-4,6-7,16H,1,5,8-13H2/t16?,19?,20-/m1/s1. The van der Waals surface area contributed by atoms with Crippen LogP contribution in [0.5, 0.6) is 0 Å². The number of hydrogen-bond acceptors (Lipinski definition) is 4. The molecule has 2 saturated carbocycles. The Balaban J connectivity index is 1.62. The second-order valence-corrected chi connectivity index (χ2v) is 7.40. The number of carbonyl (C=O) groups excluding carboxylic acids is 2. The average Bonchev–Trinajstić information content (AvgIpc) is 3.05. The maximum absolute atomic E-state index is 13.1. The Kier molecular flexibility index (Phi) is 3.52. The van der Waals surface area contributed by atoms with E-state index in [4.69, 9.17) is 9.47 Å². The van der Waals surface area contributed by atoms with E-state index in [-0.39, 0.29) is 24.5 Å². The summed E-state index contributed by atoms with van der Waals surface area (Å²) in [5.41, 5.74) is 0.498. The van der Waals surface area contributed by atoms with Crippen molar-refractivity contribution in [2.45, 2.75) is 50.7 Å². The highest BCUT2D eigenvalue weighted by Crippen LogP contribution is 2.64. The van der Waals surface area contributed by atoms with E-state index in [9.17, 15) is 9.59 Å². The van der Waals surface area contributed by atoms with Crippen LogP contribution in [-0.2, 0) is 25.7 Å². The summed E-state index contributed by atoms with van der Waals surface area (Å²) in [7, 11) is 0. The molecular weight excluding hydrogens is 304 g/mol. The third kappa shape index (κ3) is 2.12. The highest BCUT2D eigenvalue weighted by molar-refractivity contribution is 5.83. The van der Waals surface area contributed by atoms with E-state index in [1.54, 1.807) is 0 Å². The van der Waals surface area contributed by atoms with E-state index in [1.807, 2.05) is 30.3 Å². The minimum atomic E-state index is -0.742. The summed E-state index contributed by atoms with van der Waals surface area (Å²) in [5, 5.41) is 0. The van der Waals surface area contributed by atoms with E-state index in [1.165, 1.54) is 0 Å². The van der Waals surface area contributed by atoms with Gasteiger partial charge in [-0.1, -0.05) is 48.9 Å². The fourth-order valence-electron chi connectivity index (χ4n) is 5.04. The van der Waals surface area contributed by atoms with Crippen LogP contribution in [0.3, 0.4) is 0 Å². The third-order valence-electron chi connectivity index (χ3n) is 6.00. The summed E-state index contributed by atoms with van der Waals surface area (Å²) in [4.78, 5) is 25.1. The predicted molar refractivity (Wildman–Crippen MR) is 87.8 cm³/mol. The molecule has 3 atom stereocenters. The fraction of sp³-hybridized carbons (Fsp3) is 0.500. The number of hydrogen-bond donors (Lipinski definition) is 0. The largest absolute Gasteiger partial charge is 0.460 e. The molecule has 0 aromatic heterocycles. The van der Waals surface area contributed by atoms with Crippen LogP contribution in [0.1, 0.15) is 44.1 Å². The van der Waals surface area contributed by atoms with Crippen LogP contribution >= 0.6 is 0 Å². The van der Waals surface area contributed by atoms with Gasteiger partial charge in [0.1, 0.15) is 17.6 Å². The second kappa shape index (κ2) is 5.47. The molecule has 1 saturated heterocycles. The second-order valence-electron chi connectivity index (χ2n) is 7.40. The SMILES string of the molecule is C=C1CC2(C(=O)OCc3ccccc3)CCCC3CC(=O)O[C@]32C1. The number of esters is 2. The average molecular weight is 326 g/mol. The summed E-state index contributed by atoms with van der Waals surface area (Å²) < 4.78 is 11.5. The molecule has 1 aliphatic heterocycles. The van der Waals surface area contributed by atoms with Crippen molar-refractivity contribution in [1.29, 1.82) is 0 Å². The zero-order chi connectivity index (χ0) is 16.8. The van der Waals surface area contributed by atoms with Gasteiger partial charge in [0, 0.05) is 12.3 Å². The van der Waals surface area contributed by atoms with Gasteiger partial charge in [0.25, 0.3) is 0 Å². The molecule has 4 rings (SSSR count). The summed E-state index contributed by atoms with van der Waals surface area (Å²) >= 11 is 0. The maximum atomic E-state index is 13.1. The molecule has 0 N–H and O–H groups in total. The van der Waals surface area contributed by atoms with Crippen molar-refractivity contribution in [3.05, 3.63) is 48.0 Å². The molecule has 1 aromatic rings. The van der Waals surface area contributed by atoms with E-state index >= 15 is 0 Å². The number of carbonyl (C=O) groups is 2. The van der Waals surface area contributed by atoms with Gasteiger partial charge in [0.2, 0.25) is 0 Å². The molecule has 1 heterocycles. The highest BCUT2D eigenvalue weighted by atomic mass is 16.6. The Hall–Kier alpha value is -2.10. The summed E-state index contributed by atoms with van der Waals surface area (Å²) in [5.74, 6) is -0.302. The molecule has 0 radical (unpaired) electrons. The van der Waals surface area contributed by atoms with E-state index < -0.39 is 11.0 Å². The molecule has 3 fully saturated rings. The van der Waals surface area contributed by atoms with Gasteiger partial charge in [-0.2, -0.15) is 0 Å². The molecule has 24 heavy (non-hydrogen) atoms. The monoisotopic (exact) mass is 326 g/mol. The van der Waals surface area contributed by atoms with Gasteiger partial charge in [-0.3, -0.25) is 9.59 Å². The van der Waals surface area contributed by atoms with Gasteiger partial charge in [-0.25, -0.2) is 0 Å². The smallest absolute Gasteiger partial charge is 0.316 e. The first-order valence-corrected chi connectivity index (χ1v) is 8.65. The summed E-state index contributed by atoms with van der Waals surface area (Å²) in [6, 6.07) is 9.66. The van der Waals surface area contributed by atoms with Gasteiger partial charge in [-0.15, -0.1) is 0 Å². The molecule has 4 nitrogen and oxygen atoms in total. The lowest BCUT2D eigenvalue weighted by Crippen LogP contribution is -2.55. The van der Waals surface area contributed by atoms with Crippen LogP contribution < -0.4 is 0 Å². The summed E-state index contributed by atoms with van der Waals surface area (Å²) in [6.07, 6.45) is 4.17. The first-order chi connectivity index (χ1) is 11.6. The minimum Gasteiger partial charge on any atom is -0.460 e. The number of ether oxygens (including phenoxy) is 2. The number of benzene rings is 1. The normalized spacial score (nSPS) is 34.4. The molecule has 2 unspecified atom stereocenters. The Morgan fingerprint density at radius 1 is 1.29 bits per heavy atom. The van der Waals surface area contributed by atoms with Crippen LogP contribution in [0, 0.1) is 11.3 Å². The van der Waals surface area contributed by atoms with E-state index in [0.717, 1.165) is 24.0 Å². The molecule has 0 bridgehead atoms. The molecule has 1 aromatic carbocycles. The van der Waals surface area contributed by atoms with Gasteiger partial charge in [-0.05, 0) is 24.8 Å². The van der Waals surface area contributed by atoms with Crippen LogP contribution in [0.2, 0.25) is 0 Å². The zero-order valence-corrected chi connectivity index (χ0v) is 13.8. The molecule has 126 valence electrons. The number of rotatable bonds is 3. The lowest BCUT2D eigenvalue weighted by Gasteiger charge is -2.46. The first-order valence-electron chi connectivity index (χ1n) is 8.65. The van der Waals surface area contributed by atoms with Gasteiger partial charge in [0.15, 0.2) is 0 Å².